The van der Waals surface area contributed by atoms with Crippen LogP contribution in [0.15, 0.2) is 35.3 Å². The van der Waals surface area contributed by atoms with Crippen LogP contribution in [0.2, 0.25) is 0 Å². The number of nitrogens with zero attached hydrogens (tertiary/aromatic N) is 1. The number of rotatable bonds is 11. The Morgan fingerprint density at radius 3 is 2.43 bits per heavy atom. The normalized spacial score (nSPS) is 10.8. The highest BCUT2D eigenvalue weighted by atomic mass is 127. The Morgan fingerprint density at radius 1 is 1.00 bits per heavy atom. The van der Waals surface area contributed by atoms with E-state index in [1.165, 1.54) is 0 Å². The summed E-state index contributed by atoms with van der Waals surface area (Å²) in [6.45, 7) is 4.05. The maximum absolute atomic E-state index is 5.63. The quantitative estimate of drug-likeness (QED) is 0.240. The van der Waals surface area contributed by atoms with Crippen molar-refractivity contribution < 1.29 is 14.2 Å². The van der Waals surface area contributed by atoms with Crippen molar-refractivity contribution in [2.45, 2.75) is 6.42 Å². The Hall–Kier alpha value is -1.06. The number of methoxy groups -OCH3 is 1. The second kappa shape index (κ2) is 15.8. The summed E-state index contributed by atoms with van der Waals surface area (Å²) in [5, 5.41) is 6.42. The fourth-order valence-electron chi connectivity index (χ4n) is 1.69. The zero-order chi connectivity index (χ0) is 15.9. The van der Waals surface area contributed by atoms with E-state index in [9.17, 15) is 0 Å². The lowest BCUT2D eigenvalue weighted by Gasteiger charge is -2.12. The lowest BCUT2D eigenvalue weighted by atomic mass is 10.3. The second-order valence-corrected chi connectivity index (χ2v) is 4.55. The van der Waals surface area contributed by atoms with Crippen molar-refractivity contribution in [3.8, 4) is 5.75 Å². The second-order valence-electron chi connectivity index (χ2n) is 4.55. The summed E-state index contributed by atoms with van der Waals surface area (Å²) in [6, 6.07) is 9.82. The van der Waals surface area contributed by atoms with E-state index in [1.54, 1.807) is 14.2 Å². The molecule has 0 heterocycles. The van der Waals surface area contributed by atoms with Crippen LogP contribution >= 0.6 is 24.0 Å². The summed E-state index contributed by atoms with van der Waals surface area (Å²) in [4.78, 5) is 4.15. The van der Waals surface area contributed by atoms with Gasteiger partial charge in [0, 0.05) is 27.2 Å². The molecule has 0 unspecified atom stereocenters. The Labute approximate surface area is 156 Å². The first-order valence-corrected chi connectivity index (χ1v) is 7.56. The minimum atomic E-state index is 0. The van der Waals surface area contributed by atoms with E-state index in [1.807, 2.05) is 30.3 Å². The highest BCUT2D eigenvalue weighted by Crippen LogP contribution is 2.07. The first kappa shape index (κ1) is 21.9. The van der Waals surface area contributed by atoms with Crippen molar-refractivity contribution in [3.63, 3.8) is 0 Å². The number of hydrogen-bond acceptors (Lipinski definition) is 4. The molecule has 1 aromatic rings. The van der Waals surface area contributed by atoms with Gasteiger partial charge in [-0.3, -0.25) is 4.99 Å². The van der Waals surface area contributed by atoms with Gasteiger partial charge in [-0.2, -0.15) is 0 Å². The van der Waals surface area contributed by atoms with Gasteiger partial charge in [-0.15, -0.1) is 24.0 Å². The number of hydrogen-bond donors (Lipinski definition) is 2. The molecule has 0 saturated heterocycles. The standard InChI is InChI=1S/C16H27N3O3.HI/c1-17-16(19-10-12-21-14-13-20-2)18-9-6-11-22-15-7-4-3-5-8-15;/h3-5,7-8H,6,9-14H2,1-2H3,(H2,17,18,19);1H. The molecule has 1 aromatic carbocycles. The lowest BCUT2D eigenvalue weighted by Crippen LogP contribution is -2.39. The molecule has 0 aliphatic heterocycles. The Balaban J connectivity index is 0.00000484. The molecular formula is C16H28IN3O3. The fraction of sp³-hybridized carbons (Fsp3) is 0.562. The molecule has 0 aromatic heterocycles. The minimum Gasteiger partial charge on any atom is -0.494 e. The molecule has 0 radical (unpaired) electrons. The van der Waals surface area contributed by atoms with E-state index in [0.717, 1.165) is 24.7 Å². The molecule has 23 heavy (non-hydrogen) atoms. The SMILES string of the molecule is CN=C(NCCCOc1ccccc1)NCCOCCOC.I. The van der Waals surface area contributed by atoms with E-state index in [-0.39, 0.29) is 24.0 Å². The van der Waals surface area contributed by atoms with Gasteiger partial charge in [-0.25, -0.2) is 0 Å². The predicted octanol–water partition coefficient (Wildman–Crippen LogP) is 1.90. The number of halogens is 1. The van der Waals surface area contributed by atoms with E-state index in [2.05, 4.69) is 15.6 Å². The monoisotopic (exact) mass is 437 g/mol. The van der Waals surface area contributed by atoms with Crippen molar-refractivity contribution in [1.29, 1.82) is 0 Å². The van der Waals surface area contributed by atoms with Gasteiger partial charge in [-0.05, 0) is 18.6 Å². The molecular weight excluding hydrogens is 409 g/mol. The van der Waals surface area contributed by atoms with Crippen molar-refractivity contribution in [2.24, 2.45) is 4.99 Å². The Kier molecular flexibility index (Phi) is 15.1. The zero-order valence-corrected chi connectivity index (χ0v) is 16.2. The largest absolute Gasteiger partial charge is 0.494 e. The van der Waals surface area contributed by atoms with Crippen LogP contribution in [0.4, 0.5) is 0 Å². The number of guanidine groups is 1. The molecule has 0 fully saturated rings. The number of benzene rings is 1. The van der Waals surface area contributed by atoms with Crippen LogP contribution in [0.1, 0.15) is 6.42 Å². The number of para-hydroxylation sites is 1. The number of nitrogens with one attached hydrogen (secondary N) is 2. The molecule has 7 heteroatoms. The van der Waals surface area contributed by atoms with Crippen molar-refractivity contribution in [3.05, 3.63) is 30.3 Å². The molecule has 0 aliphatic rings. The van der Waals surface area contributed by atoms with E-state index in [4.69, 9.17) is 14.2 Å². The summed E-state index contributed by atoms with van der Waals surface area (Å²) in [5.41, 5.74) is 0. The van der Waals surface area contributed by atoms with Gasteiger partial charge in [0.25, 0.3) is 0 Å². The highest BCUT2D eigenvalue weighted by molar-refractivity contribution is 14.0. The molecule has 0 spiro atoms. The van der Waals surface area contributed by atoms with Gasteiger partial charge in [0.2, 0.25) is 0 Å². The summed E-state index contributed by atoms with van der Waals surface area (Å²) >= 11 is 0. The molecule has 0 aliphatic carbocycles. The van der Waals surface area contributed by atoms with Gasteiger partial charge >= 0.3 is 0 Å². The van der Waals surface area contributed by atoms with Crippen LogP contribution in [0.3, 0.4) is 0 Å². The average molecular weight is 437 g/mol. The average Bonchev–Trinajstić information content (AvgIpc) is 2.56. The van der Waals surface area contributed by atoms with Crippen LogP contribution in [0, 0.1) is 0 Å². The van der Waals surface area contributed by atoms with E-state index >= 15 is 0 Å². The first-order valence-electron chi connectivity index (χ1n) is 7.56. The van der Waals surface area contributed by atoms with Gasteiger partial charge < -0.3 is 24.8 Å². The highest BCUT2D eigenvalue weighted by Gasteiger charge is 1.97. The predicted molar refractivity (Wildman–Crippen MR) is 104 cm³/mol. The molecule has 6 nitrogen and oxygen atoms in total. The molecule has 2 N–H and O–H groups in total. The summed E-state index contributed by atoms with van der Waals surface area (Å²) in [6.07, 6.45) is 0.903. The van der Waals surface area contributed by atoms with Gasteiger partial charge in [0.05, 0.1) is 26.4 Å². The molecule has 1 rings (SSSR count). The topological polar surface area (TPSA) is 64.1 Å². The molecule has 0 bridgehead atoms. The van der Waals surface area contributed by atoms with Crippen LogP contribution in [0.25, 0.3) is 0 Å². The van der Waals surface area contributed by atoms with Crippen LogP contribution in [-0.4, -0.2) is 59.6 Å². The third-order valence-electron chi connectivity index (χ3n) is 2.82. The maximum Gasteiger partial charge on any atom is 0.191 e. The van der Waals surface area contributed by atoms with Crippen molar-refractivity contribution in [2.75, 3.05) is 53.7 Å². The molecule has 0 atom stereocenters. The molecule has 0 amide bonds. The summed E-state index contributed by atoms with van der Waals surface area (Å²) in [7, 11) is 3.41. The van der Waals surface area contributed by atoms with Gasteiger partial charge in [0.15, 0.2) is 5.96 Å². The Morgan fingerprint density at radius 2 is 1.74 bits per heavy atom. The van der Waals surface area contributed by atoms with Crippen LogP contribution in [0.5, 0.6) is 5.75 Å². The van der Waals surface area contributed by atoms with Crippen LogP contribution in [-0.2, 0) is 9.47 Å². The molecule has 0 saturated carbocycles. The summed E-state index contributed by atoms with van der Waals surface area (Å²) in [5.74, 6) is 1.67. The number of ether oxygens (including phenoxy) is 3. The summed E-state index contributed by atoms with van der Waals surface area (Å²) < 4.78 is 15.9. The Bertz CT molecular complexity index is 405. The van der Waals surface area contributed by atoms with Crippen molar-refractivity contribution >= 4 is 29.9 Å². The van der Waals surface area contributed by atoms with Crippen LogP contribution < -0.4 is 15.4 Å². The molecule has 132 valence electrons. The fourth-order valence-corrected chi connectivity index (χ4v) is 1.69. The van der Waals surface area contributed by atoms with Crippen molar-refractivity contribution in [1.82, 2.24) is 10.6 Å². The minimum absolute atomic E-state index is 0. The van der Waals surface area contributed by atoms with Gasteiger partial charge in [-0.1, -0.05) is 18.2 Å². The van der Waals surface area contributed by atoms with E-state index in [0.29, 0.717) is 33.0 Å². The van der Waals surface area contributed by atoms with E-state index < -0.39 is 0 Å². The first-order chi connectivity index (χ1) is 10.9. The third kappa shape index (κ3) is 12.1. The zero-order valence-electron chi connectivity index (χ0n) is 13.9. The number of aliphatic imine (C=N–C) groups is 1. The lowest BCUT2D eigenvalue weighted by molar-refractivity contribution is 0.0733. The van der Waals surface area contributed by atoms with Gasteiger partial charge in [0.1, 0.15) is 5.75 Å². The third-order valence-corrected chi connectivity index (χ3v) is 2.82. The smallest absolute Gasteiger partial charge is 0.191 e. The maximum atomic E-state index is 5.63.